The second-order valence-electron chi connectivity index (χ2n) is 6.27. The Morgan fingerprint density at radius 3 is 2.65 bits per heavy atom. The summed E-state index contributed by atoms with van der Waals surface area (Å²) in [5.41, 5.74) is 5.68. The van der Waals surface area contributed by atoms with Gasteiger partial charge in [-0.15, -0.1) is 0 Å². The maximum atomic E-state index is 12.3. The molecule has 3 N–H and O–H groups in total. The molecule has 1 amide bonds. The monoisotopic (exact) mass is 234 g/mol. The van der Waals surface area contributed by atoms with Crippen molar-refractivity contribution in [3.8, 4) is 0 Å². The van der Waals surface area contributed by atoms with Crippen molar-refractivity contribution in [3.05, 3.63) is 12.2 Å². The number of nitrogens with two attached hydrogens (primary N) is 1. The van der Waals surface area contributed by atoms with Crippen LogP contribution in [-0.4, -0.2) is 18.0 Å². The van der Waals surface area contributed by atoms with Crippen molar-refractivity contribution >= 4 is 5.91 Å². The van der Waals surface area contributed by atoms with Gasteiger partial charge >= 0.3 is 0 Å². The molecule has 0 saturated heterocycles. The van der Waals surface area contributed by atoms with Crippen LogP contribution in [0.1, 0.15) is 32.6 Å². The minimum atomic E-state index is -0.164. The van der Waals surface area contributed by atoms with Gasteiger partial charge in [-0.1, -0.05) is 12.2 Å². The predicted octanol–water partition coefficient (Wildman–Crippen LogP) is 1.44. The van der Waals surface area contributed by atoms with Crippen LogP contribution in [-0.2, 0) is 4.79 Å². The number of nitrogens with one attached hydrogen (secondary N) is 1. The molecule has 0 aromatic carbocycles. The zero-order valence-corrected chi connectivity index (χ0v) is 10.5. The first-order chi connectivity index (χ1) is 8.12. The normalized spacial score (nSPS) is 38.1. The van der Waals surface area contributed by atoms with Crippen molar-refractivity contribution in [3.63, 3.8) is 0 Å². The summed E-state index contributed by atoms with van der Waals surface area (Å²) < 4.78 is 0. The Morgan fingerprint density at radius 1 is 1.41 bits per heavy atom. The second-order valence-corrected chi connectivity index (χ2v) is 6.27. The molecule has 3 nitrogen and oxygen atoms in total. The van der Waals surface area contributed by atoms with Crippen LogP contribution in [0.25, 0.3) is 0 Å². The van der Waals surface area contributed by atoms with Gasteiger partial charge in [-0.25, -0.2) is 0 Å². The van der Waals surface area contributed by atoms with Crippen LogP contribution >= 0.6 is 0 Å². The molecule has 0 spiro atoms. The summed E-state index contributed by atoms with van der Waals surface area (Å²) in [5.74, 6) is 2.18. The third-order valence-electron chi connectivity index (χ3n) is 4.93. The Balaban J connectivity index is 1.65. The summed E-state index contributed by atoms with van der Waals surface area (Å²) >= 11 is 0. The SMILES string of the molecule is CC(CN)(NC(=O)C1CC2C=CC1C2)C1CC1. The average molecular weight is 234 g/mol. The van der Waals surface area contributed by atoms with Crippen LogP contribution in [0.4, 0.5) is 0 Å². The molecule has 4 atom stereocenters. The largest absolute Gasteiger partial charge is 0.349 e. The summed E-state index contributed by atoms with van der Waals surface area (Å²) in [4.78, 5) is 12.3. The lowest BCUT2D eigenvalue weighted by Gasteiger charge is -2.32. The van der Waals surface area contributed by atoms with Gasteiger partial charge in [0.05, 0.1) is 5.54 Å². The molecule has 3 heteroatoms. The molecular weight excluding hydrogens is 212 g/mol. The van der Waals surface area contributed by atoms with E-state index in [1.807, 2.05) is 0 Å². The van der Waals surface area contributed by atoms with Gasteiger partial charge < -0.3 is 11.1 Å². The molecule has 3 aliphatic carbocycles. The molecule has 2 fully saturated rings. The number of carbonyl (C=O) groups excluding carboxylic acids is 1. The van der Waals surface area contributed by atoms with Gasteiger partial charge in [0.15, 0.2) is 0 Å². The van der Waals surface area contributed by atoms with Crippen molar-refractivity contribution in [2.45, 2.75) is 38.1 Å². The summed E-state index contributed by atoms with van der Waals surface area (Å²) in [6.45, 7) is 2.66. The van der Waals surface area contributed by atoms with E-state index in [1.54, 1.807) is 0 Å². The fraction of sp³-hybridized carbons (Fsp3) is 0.786. The minimum absolute atomic E-state index is 0.164. The van der Waals surface area contributed by atoms with E-state index >= 15 is 0 Å². The highest BCUT2D eigenvalue weighted by Crippen LogP contribution is 2.44. The van der Waals surface area contributed by atoms with Gasteiger partial charge in [-0.05, 0) is 50.4 Å². The van der Waals surface area contributed by atoms with E-state index in [9.17, 15) is 4.79 Å². The predicted molar refractivity (Wildman–Crippen MR) is 67.2 cm³/mol. The lowest BCUT2D eigenvalue weighted by molar-refractivity contribution is -0.127. The summed E-state index contributed by atoms with van der Waals surface area (Å²) in [5, 5.41) is 3.23. The van der Waals surface area contributed by atoms with E-state index in [4.69, 9.17) is 5.73 Å². The first-order valence-corrected chi connectivity index (χ1v) is 6.83. The Hall–Kier alpha value is -0.830. The maximum Gasteiger partial charge on any atom is 0.224 e. The van der Waals surface area contributed by atoms with Crippen LogP contribution in [0, 0.1) is 23.7 Å². The van der Waals surface area contributed by atoms with E-state index < -0.39 is 0 Å². The molecule has 0 aliphatic heterocycles. The van der Waals surface area contributed by atoms with Crippen molar-refractivity contribution in [2.24, 2.45) is 29.4 Å². The number of amides is 1. The van der Waals surface area contributed by atoms with Crippen LogP contribution < -0.4 is 11.1 Å². The van der Waals surface area contributed by atoms with Crippen LogP contribution in [0.2, 0.25) is 0 Å². The summed E-state index contributed by atoms with van der Waals surface area (Å²) in [6, 6.07) is 0. The smallest absolute Gasteiger partial charge is 0.224 e. The van der Waals surface area contributed by atoms with Crippen LogP contribution in [0.5, 0.6) is 0 Å². The van der Waals surface area contributed by atoms with Gasteiger partial charge in [0.1, 0.15) is 0 Å². The molecule has 0 aromatic heterocycles. The first-order valence-electron chi connectivity index (χ1n) is 6.83. The Morgan fingerprint density at radius 2 is 2.18 bits per heavy atom. The molecule has 17 heavy (non-hydrogen) atoms. The fourth-order valence-electron chi connectivity index (χ4n) is 3.50. The molecular formula is C14H22N2O. The third kappa shape index (κ3) is 1.90. The topological polar surface area (TPSA) is 55.1 Å². The van der Waals surface area contributed by atoms with Crippen molar-refractivity contribution in [1.82, 2.24) is 5.32 Å². The van der Waals surface area contributed by atoms with Gasteiger partial charge in [-0.3, -0.25) is 4.79 Å². The third-order valence-corrected chi connectivity index (χ3v) is 4.93. The van der Waals surface area contributed by atoms with Crippen molar-refractivity contribution < 1.29 is 4.79 Å². The maximum absolute atomic E-state index is 12.3. The van der Waals surface area contributed by atoms with E-state index in [-0.39, 0.29) is 17.4 Å². The Kier molecular flexibility index (Phi) is 2.54. The van der Waals surface area contributed by atoms with Gasteiger partial charge in [0, 0.05) is 12.5 Å². The molecule has 2 saturated carbocycles. The molecule has 0 aromatic rings. The number of carbonyl (C=O) groups is 1. The highest BCUT2D eigenvalue weighted by Gasteiger charge is 2.45. The molecule has 2 bridgehead atoms. The molecule has 94 valence electrons. The number of fused-ring (bicyclic) bond motifs is 2. The molecule has 0 heterocycles. The highest BCUT2D eigenvalue weighted by molar-refractivity contribution is 5.80. The van der Waals surface area contributed by atoms with E-state index in [0.717, 1.165) is 6.42 Å². The van der Waals surface area contributed by atoms with Crippen LogP contribution in [0.3, 0.4) is 0 Å². The Labute approximate surface area is 103 Å². The second kappa shape index (κ2) is 3.84. The van der Waals surface area contributed by atoms with Crippen molar-refractivity contribution in [2.75, 3.05) is 6.54 Å². The van der Waals surface area contributed by atoms with E-state index in [2.05, 4.69) is 24.4 Å². The minimum Gasteiger partial charge on any atom is -0.349 e. The number of hydrogen-bond donors (Lipinski definition) is 2. The van der Waals surface area contributed by atoms with E-state index in [0.29, 0.717) is 24.3 Å². The number of rotatable bonds is 4. The standard InChI is InChI=1S/C14H22N2O/c1-14(8-15,11-4-5-11)16-13(17)12-7-9-2-3-10(12)6-9/h2-3,9-12H,4-8,15H2,1H3,(H,16,17). The lowest BCUT2D eigenvalue weighted by Crippen LogP contribution is -2.55. The number of hydrogen-bond acceptors (Lipinski definition) is 2. The van der Waals surface area contributed by atoms with E-state index in [1.165, 1.54) is 19.3 Å². The lowest BCUT2D eigenvalue weighted by atomic mass is 9.89. The quantitative estimate of drug-likeness (QED) is 0.723. The fourth-order valence-corrected chi connectivity index (χ4v) is 3.50. The van der Waals surface area contributed by atoms with Gasteiger partial charge in [0.2, 0.25) is 5.91 Å². The van der Waals surface area contributed by atoms with Gasteiger partial charge in [-0.2, -0.15) is 0 Å². The molecule has 0 radical (unpaired) electrons. The zero-order valence-electron chi connectivity index (χ0n) is 10.5. The zero-order chi connectivity index (χ0) is 12.0. The van der Waals surface area contributed by atoms with Gasteiger partial charge in [0.25, 0.3) is 0 Å². The summed E-state index contributed by atoms with van der Waals surface area (Å²) in [6.07, 6.45) is 9.15. The average Bonchev–Trinajstić information content (AvgIpc) is 2.99. The molecule has 3 rings (SSSR count). The van der Waals surface area contributed by atoms with Crippen molar-refractivity contribution in [1.29, 1.82) is 0 Å². The summed E-state index contributed by atoms with van der Waals surface area (Å²) in [7, 11) is 0. The molecule has 3 aliphatic rings. The van der Waals surface area contributed by atoms with Crippen LogP contribution in [0.15, 0.2) is 12.2 Å². The molecule has 4 unspecified atom stereocenters. The first kappa shape index (κ1) is 11.3. The Bertz CT molecular complexity index is 361. The highest BCUT2D eigenvalue weighted by atomic mass is 16.2. The number of allylic oxidation sites excluding steroid dienone is 2.